The topological polar surface area (TPSA) is 17.1 Å². The highest BCUT2D eigenvalue weighted by atomic mass is 35.5. The van der Waals surface area contributed by atoms with E-state index in [0.29, 0.717) is 5.56 Å². The van der Waals surface area contributed by atoms with E-state index in [-0.39, 0.29) is 17.4 Å². The Morgan fingerprint density at radius 3 is 2.64 bits per heavy atom. The van der Waals surface area contributed by atoms with Crippen LogP contribution in [-0.4, -0.2) is 6.29 Å². The molecule has 0 amide bonds. The number of rotatable bonds is 3. The monoisotopic (exact) mass is 218 g/mol. The lowest BCUT2D eigenvalue weighted by Gasteiger charge is -2.09. The number of benzene rings is 1. The number of hydrogen-bond donors (Lipinski definition) is 0. The van der Waals surface area contributed by atoms with Gasteiger partial charge in [-0.25, -0.2) is 8.78 Å². The molecule has 1 rings (SSSR count). The van der Waals surface area contributed by atoms with E-state index < -0.39 is 11.6 Å². The molecule has 0 heterocycles. The van der Waals surface area contributed by atoms with E-state index in [9.17, 15) is 13.6 Å². The predicted octanol–water partition coefficient (Wildman–Crippen LogP) is 3.31. The molecule has 1 aromatic carbocycles. The highest BCUT2D eigenvalue weighted by molar-refractivity contribution is 6.30. The molecule has 14 heavy (non-hydrogen) atoms. The molecular weight excluding hydrogens is 210 g/mol. The van der Waals surface area contributed by atoms with Gasteiger partial charge in [0, 0.05) is 6.42 Å². The third-order valence-electron chi connectivity index (χ3n) is 2.02. The minimum Gasteiger partial charge on any atom is -0.303 e. The van der Waals surface area contributed by atoms with E-state index in [4.69, 9.17) is 11.6 Å². The average Bonchev–Trinajstić information content (AvgIpc) is 2.13. The zero-order chi connectivity index (χ0) is 10.7. The minimum absolute atomic E-state index is 0.153. The normalized spacial score (nSPS) is 12.6. The molecule has 1 atom stereocenters. The zero-order valence-corrected chi connectivity index (χ0v) is 8.31. The molecule has 4 heteroatoms. The van der Waals surface area contributed by atoms with Crippen LogP contribution < -0.4 is 0 Å². The molecule has 0 bridgehead atoms. The first-order chi connectivity index (χ1) is 6.56. The molecule has 0 aliphatic carbocycles. The van der Waals surface area contributed by atoms with Gasteiger partial charge in [0.25, 0.3) is 0 Å². The Balaban J connectivity index is 3.05. The van der Waals surface area contributed by atoms with Crippen molar-refractivity contribution in [3.05, 3.63) is 34.4 Å². The molecule has 76 valence electrons. The number of carbonyl (C=O) groups excluding carboxylic acids is 1. The standard InChI is InChI=1S/C10H9ClF2O/c1-6(2-3-14)7-4-8(11)10(13)9(12)5-7/h3-6H,2H2,1H3. The van der Waals surface area contributed by atoms with Gasteiger partial charge < -0.3 is 4.79 Å². The second-order valence-electron chi connectivity index (χ2n) is 3.10. The van der Waals surface area contributed by atoms with Crippen molar-refractivity contribution < 1.29 is 13.6 Å². The Morgan fingerprint density at radius 1 is 1.50 bits per heavy atom. The second kappa shape index (κ2) is 4.51. The van der Waals surface area contributed by atoms with Crippen LogP contribution in [0.5, 0.6) is 0 Å². The van der Waals surface area contributed by atoms with E-state index in [1.165, 1.54) is 6.07 Å². The van der Waals surface area contributed by atoms with Crippen molar-refractivity contribution in [2.45, 2.75) is 19.3 Å². The summed E-state index contributed by atoms with van der Waals surface area (Å²) in [5.41, 5.74) is 0.529. The van der Waals surface area contributed by atoms with Crippen LogP contribution in [0.3, 0.4) is 0 Å². The molecule has 0 spiro atoms. The fraction of sp³-hybridized carbons (Fsp3) is 0.300. The van der Waals surface area contributed by atoms with E-state index in [2.05, 4.69) is 0 Å². The van der Waals surface area contributed by atoms with Crippen LogP contribution in [0.1, 0.15) is 24.8 Å². The van der Waals surface area contributed by atoms with Crippen molar-refractivity contribution in [3.8, 4) is 0 Å². The summed E-state index contributed by atoms with van der Waals surface area (Å²) in [7, 11) is 0. The van der Waals surface area contributed by atoms with Crippen molar-refractivity contribution in [3.63, 3.8) is 0 Å². The van der Waals surface area contributed by atoms with Gasteiger partial charge >= 0.3 is 0 Å². The number of carbonyl (C=O) groups is 1. The summed E-state index contributed by atoms with van der Waals surface area (Å²) in [4.78, 5) is 10.2. The number of hydrogen-bond acceptors (Lipinski definition) is 1. The Morgan fingerprint density at radius 2 is 2.14 bits per heavy atom. The largest absolute Gasteiger partial charge is 0.303 e. The maximum atomic E-state index is 12.9. The summed E-state index contributed by atoms with van der Waals surface area (Å²) in [6.45, 7) is 1.75. The summed E-state index contributed by atoms with van der Waals surface area (Å²) in [6, 6.07) is 2.41. The van der Waals surface area contributed by atoms with Gasteiger partial charge in [0.2, 0.25) is 0 Å². The SMILES string of the molecule is CC(CC=O)c1cc(F)c(F)c(Cl)c1. The van der Waals surface area contributed by atoms with Crippen molar-refractivity contribution >= 4 is 17.9 Å². The zero-order valence-electron chi connectivity index (χ0n) is 7.56. The molecule has 0 aromatic heterocycles. The van der Waals surface area contributed by atoms with Gasteiger partial charge in [-0.15, -0.1) is 0 Å². The second-order valence-corrected chi connectivity index (χ2v) is 3.51. The molecule has 0 fully saturated rings. The van der Waals surface area contributed by atoms with Gasteiger partial charge in [-0.1, -0.05) is 18.5 Å². The molecule has 0 saturated heterocycles. The summed E-state index contributed by atoms with van der Waals surface area (Å²) in [5.74, 6) is -2.18. The van der Waals surface area contributed by atoms with Crippen molar-refractivity contribution in [2.24, 2.45) is 0 Å². The molecule has 1 unspecified atom stereocenters. The lowest BCUT2D eigenvalue weighted by Crippen LogP contribution is -1.97. The fourth-order valence-electron chi connectivity index (χ4n) is 1.14. The minimum atomic E-state index is -1.05. The van der Waals surface area contributed by atoms with Crippen molar-refractivity contribution in [1.82, 2.24) is 0 Å². The van der Waals surface area contributed by atoms with Gasteiger partial charge in [0.05, 0.1) is 5.02 Å². The average molecular weight is 219 g/mol. The van der Waals surface area contributed by atoms with Crippen LogP contribution in [0.15, 0.2) is 12.1 Å². The Hall–Kier alpha value is -0.960. The summed E-state index contributed by atoms with van der Waals surface area (Å²) in [6.07, 6.45) is 1.00. The fourth-order valence-corrected chi connectivity index (χ4v) is 1.36. The van der Waals surface area contributed by atoms with E-state index in [1.54, 1.807) is 6.92 Å². The lowest BCUT2D eigenvalue weighted by atomic mass is 9.98. The number of halogens is 3. The molecule has 0 aliphatic heterocycles. The van der Waals surface area contributed by atoms with Crippen molar-refractivity contribution in [2.75, 3.05) is 0 Å². The molecule has 0 aliphatic rings. The number of aldehydes is 1. The highest BCUT2D eigenvalue weighted by Gasteiger charge is 2.12. The van der Waals surface area contributed by atoms with Gasteiger partial charge in [0.1, 0.15) is 6.29 Å². The third kappa shape index (κ3) is 2.29. The molecule has 0 saturated carbocycles. The summed E-state index contributed by atoms with van der Waals surface area (Å²) < 4.78 is 25.7. The lowest BCUT2D eigenvalue weighted by molar-refractivity contribution is -0.108. The first kappa shape index (κ1) is 11.1. The highest BCUT2D eigenvalue weighted by Crippen LogP contribution is 2.25. The van der Waals surface area contributed by atoms with Crippen molar-refractivity contribution in [1.29, 1.82) is 0 Å². The van der Waals surface area contributed by atoms with Gasteiger partial charge in [-0.2, -0.15) is 0 Å². The van der Waals surface area contributed by atoms with Crippen LogP contribution in [-0.2, 0) is 4.79 Å². The Labute approximate surface area is 85.7 Å². The summed E-state index contributed by atoms with van der Waals surface area (Å²) >= 11 is 5.46. The molecule has 1 nitrogen and oxygen atoms in total. The molecule has 1 aromatic rings. The van der Waals surface area contributed by atoms with Crippen LogP contribution in [0.4, 0.5) is 8.78 Å². The predicted molar refractivity (Wildman–Crippen MR) is 50.5 cm³/mol. The van der Waals surface area contributed by atoms with Gasteiger partial charge in [-0.3, -0.25) is 0 Å². The summed E-state index contributed by atoms with van der Waals surface area (Å²) in [5, 5.41) is -0.252. The quantitative estimate of drug-likeness (QED) is 0.562. The first-order valence-electron chi connectivity index (χ1n) is 4.14. The molecule has 0 radical (unpaired) electrons. The van der Waals surface area contributed by atoms with Crippen LogP contribution in [0, 0.1) is 11.6 Å². The van der Waals surface area contributed by atoms with E-state index >= 15 is 0 Å². The Bertz CT molecular complexity index is 329. The van der Waals surface area contributed by atoms with Crippen LogP contribution in [0.25, 0.3) is 0 Å². The van der Waals surface area contributed by atoms with Crippen LogP contribution in [0.2, 0.25) is 5.02 Å². The molecule has 0 N–H and O–H groups in total. The van der Waals surface area contributed by atoms with Gasteiger partial charge in [-0.05, 0) is 23.6 Å². The first-order valence-corrected chi connectivity index (χ1v) is 4.52. The smallest absolute Gasteiger partial charge is 0.177 e. The third-order valence-corrected chi connectivity index (χ3v) is 2.30. The Kier molecular flexibility index (Phi) is 3.58. The van der Waals surface area contributed by atoms with Gasteiger partial charge in [0.15, 0.2) is 11.6 Å². The maximum absolute atomic E-state index is 12.9. The van der Waals surface area contributed by atoms with E-state index in [1.807, 2.05) is 0 Å². The molecular formula is C10H9ClF2O. The van der Waals surface area contributed by atoms with E-state index in [0.717, 1.165) is 12.4 Å². The van der Waals surface area contributed by atoms with Crippen LogP contribution >= 0.6 is 11.6 Å². The maximum Gasteiger partial charge on any atom is 0.177 e.